The van der Waals surface area contributed by atoms with Crippen LogP contribution in [0.1, 0.15) is 49.8 Å². The first kappa shape index (κ1) is 18.8. The van der Waals surface area contributed by atoms with Crippen LogP contribution in [0.15, 0.2) is 53.6 Å². The van der Waals surface area contributed by atoms with Crippen LogP contribution >= 0.6 is 0 Å². The van der Waals surface area contributed by atoms with Crippen molar-refractivity contribution in [1.29, 1.82) is 0 Å². The zero-order valence-corrected chi connectivity index (χ0v) is 15.7. The minimum atomic E-state index is -0.463. The maximum Gasteiger partial charge on any atom is 0.270 e. The Kier molecular flexibility index (Phi) is 5.08. The van der Waals surface area contributed by atoms with E-state index in [2.05, 4.69) is 55.6 Å². The van der Waals surface area contributed by atoms with Gasteiger partial charge in [-0.3, -0.25) is 14.9 Å². The van der Waals surface area contributed by atoms with Gasteiger partial charge in [-0.05, 0) is 28.9 Å². The highest BCUT2D eigenvalue weighted by Gasteiger charge is 2.43. The standard InChI is InChI=1S/C21H23N3O3/c1-21(2,3)16-9-7-15(8-10-16)18-12-19(18)20(25)23-22-13-14-5-4-6-17(11-14)24(26)27/h4-11,13,18-19H,12H2,1-3H3,(H,23,25)/b22-13-/t18-,19-/m1/s1. The molecule has 0 aliphatic heterocycles. The van der Waals surface area contributed by atoms with E-state index in [0.717, 1.165) is 6.42 Å². The zero-order chi connectivity index (χ0) is 19.6. The number of carbonyl (C=O) groups is 1. The summed E-state index contributed by atoms with van der Waals surface area (Å²) in [5, 5.41) is 14.7. The summed E-state index contributed by atoms with van der Waals surface area (Å²) in [5.74, 6) is 0.0290. The molecule has 1 fully saturated rings. The van der Waals surface area contributed by atoms with Crippen LogP contribution in [0.25, 0.3) is 0 Å². The maximum atomic E-state index is 12.2. The number of nitro benzene ring substituents is 1. The molecule has 0 saturated heterocycles. The Morgan fingerprint density at radius 3 is 2.56 bits per heavy atom. The fraction of sp³-hybridized carbons (Fsp3) is 0.333. The average molecular weight is 365 g/mol. The lowest BCUT2D eigenvalue weighted by Crippen LogP contribution is -2.20. The summed E-state index contributed by atoms with van der Waals surface area (Å²) in [5.41, 5.74) is 5.65. The summed E-state index contributed by atoms with van der Waals surface area (Å²) < 4.78 is 0. The molecule has 6 nitrogen and oxygen atoms in total. The van der Waals surface area contributed by atoms with E-state index >= 15 is 0 Å². The molecule has 6 heteroatoms. The van der Waals surface area contributed by atoms with E-state index in [9.17, 15) is 14.9 Å². The molecular weight excluding hydrogens is 342 g/mol. The molecule has 2 atom stereocenters. The number of amides is 1. The molecule has 0 aromatic heterocycles. The number of carbonyl (C=O) groups excluding carboxylic acids is 1. The third-order valence-electron chi connectivity index (χ3n) is 4.80. The van der Waals surface area contributed by atoms with Gasteiger partial charge in [-0.15, -0.1) is 0 Å². The zero-order valence-electron chi connectivity index (χ0n) is 15.7. The predicted molar refractivity (Wildman–Crippen MR) is 105 cm³/mol. The van der Waals surface area contributed by atoms with E-state index in [1.54, 1.807) is 12.1 Å². The normalized spacial score (nSPS) is 19.1. The van der Waals surface area contributed by atoms with Gasteiger partial charge in [0.1, 0.15) is 0 Å². The van der Waals surface area contributed by atoms with Crippen LogP contribution in [0.3, 0.4) is 0 Å². The first-order valence-electron chi connectivity index (χ1n) is 8.93. The molecule has 0 spiro atoms. The summed E-state index contributed by atoms with van der Waals surface area (Å²) in [6.07, 6.45) is 2.23. The van der Waals surface area contributed by atoms with E-state index in [4.69, 9.17) is 0 Å². The van der Waals surface area contributed by atoms with Crippen molar-refractivity contribution in [3.8, 4) is 0 Å². The number of benzene rings is 2. The summed E-state index contributed by atoms with van der Waals surface area (Å²) in [6.45, 7) is 6.53. The van der Waals surface area contributed by atoms with Gasteiger partial charge in [0.2, 0.25) is 5.91 Å². The lowest BCUT2D eigenvalue weighted by atomic mass is 9.86. The molecule has 1 N–H and O–H groups in total. The second kappa shape index (κ2) is 7.31. The minimum Gasteiger partial charge on any atom is -0.273 e. The molecule has 2 aromatic carbocycles. The molecule has 1 saturated carbocycles. The van der Waals surface area contributed by atoms with Gasteiger partial charge in [0.05, 0.1) is 11.1 Å². The van der Waals surface area contributed by atoms with Gasteiger partial charge >= 0.3 is 0 Å². The molecule has 1 amide bonds. The van der Waals surface area contributed by atoms with Crippen LogP contribution in [-0.2, 0) is 10.2 Å². The lowest BCUT2D eigenvalue weighted by Gasteiger charge is -2.19. The van der Waals surface area contributed by atoms with Crippen LogP contribution in [0, 0.1) is 16.0 Å². The van der Waals surface area contributed by atoms with E-state index in [-0.39, 0.29) is 28.8 Å². The number of rotatable bonds is 5. The number of nitrogens with zero attached hydrogens (tertiary/aromatic N) is 2. The van der Waals surface area contributed by atoms with Gasteiger partial charge in [0.25, 0.3) is 5.69 Å². The summed E-state index contributed by atoms with van der Waals surface area (Å²) in [6, 6.07) is 14.6. The molecule has 140 valence electrons. The molecule has 3 rings (SSSR count). The molecule has 0 heterocycles. The number of hydrazone groups is 1. The van der Waals surface area contributed by atoms with Crippen LogP contribution in [0.2, 0.25) is 0 Å². The smallest absolute Gasteiger partial charge is 0.270 e. The fourth-order valence-corrected chi connectivity index (χ4v) is 3.06. The van der Waals surface area contributed by atoms with Gasteiger partial charge in [0.15, 0.2) is 0 Å². The Labute approximate surface area is 158 Å². The van der Waals surface area contributed by atoms with Crippen molar-refractivity contribution in [1.82, 2.24) is 5.43 Å². The first-order valence-corrected chi connectivity index (χ1v) is 8.93. The largest absolute Gasteiger partial charge is 0.273 e. The molecule has 1 aliphatic rings. The monoisotopic (exact) mass is 365 g/mol. The molecule has 1 aliphatic carbocycles. The quantitative estimate of drug-likeness (QED) is 0.491. The summed E-state index contributed by atoms with van der Waals surface area (Å²) in [4.78, 5) is 22.6. The lowest BCUT2D eigenvalue weighted by molar-refractivity contribution is -0.384. The topological polar surface area (TPSA) is 84.6 Å². The Hall–Kier alpha value is -3.02. The highest BCUT2D eigenvalue weighted by atomic mass is 16.6. The summed E-state index contributed by atoms with van der Waals surface area (Å²) in [7, 11) is 0. The van der Waals surface area contributed by atoms with Gasteiger partial charge in [0, 0.05) is 23.6 Å². The Morgan fingerprint density at radius 2 is 1.93 bits per heavy atom. The van der Waals surface area contributed by atoms with E-state index in [1.807, 2.05) is 0 Å². The van der Waals surface area contributed by atoms with E-state index in [1.165, 1.54) is 29.5 Å². The number of hydrogen-bond acceptors (Lipinski definition) is 4. The fourth-order valence-electron chi connectivity index (χ4n) is 3.06. The Balaban J connectivity index is 1.56. The second-order valence-electron chi connectivity index (χ2n) is 7.91. The van der Waals surface area contributed by atoms with Gasteiger partial charge in [-0.25, -0.2) is 5.43 Å². The van der Waals surface area contributed by atoms with Crippen molar-refractivity contribution >= 4 is 17.8 Å². The SMILES string of the molecule is CC(C)(C)c1ccc([C@H]2C[C@H]2C(=O)N/N=C\c2cccc([N+](=O)[O-])c2)cc1. The van der Waals surface area contributed by atoms with E-state index in [0.29, 0.717) is 5.56 Å². The van der Waals surface area contributed by atoms with Crippen molar-refractivity contribution in [3.63, 3.8) is 0 Å². The Morgan fingerprint density at radius 1 is 1.22 bits per heavy atom. The second-order valence-corrected chi connectivity index (χ2v) is 7.91. The van der Waals surface area contributed by atoms with Gasteiger partial charge < -0.3 is 0 Å². The molecule has 0 unspecified atom stereocenters. The first-order chi connectivity index (χ1) is 12.8. The van der Waals surface area contributed by atoms with Crippen LogP contribution in [-0.4, -0.2) is 17.0 Å². The van der Waals surface area contributed by atoms with Crippen LogP contribution < -0.4 is 5.43 Å². The Bertz CT molecular complexity index is 882. The molecule has 0 radical (unpaired) electrons. The molecule has 0 bridgehead atoms. The minimum absolute atomic E-state index is 0.00811. The van der Waals surface area contributed by atoms with Crippen molar-refractivity contribution < 1.29 is 9.72 Å². The highest BCUT2D eigenvalue weighted by molar-refractivity contribution is 5.85. The van der Waals surface area contributed by atoms with Crippen LogP contribution in [0.5, 0.6) is 0 Å². The van der Waals surface area contributed by atoms with Crippen molar-refractivity contribution in [3.05, 3.63) is 75.3 Å². The van der Waals surface area contributed by atoms with Crippen molar-refractivity contribution in [2.24, 2.45) is 11.0 Å². The summed E-state index contributed by atoms with van der Waals surface area (Å²) >= 11 is 0. The number of hydrogen-bond donors (Lipinski definition) is 1. The molecule has 2 aromatic rings. The van der Waals surface area contributed by atoms with Gasteiger partial charge in [-0.2, -0.15) is 5.10 Å². The number of nitro groups is 1. The predicted octanol–water partition coefficient (Wildman–Crippen LogP) is 4.15. The van der Waals surface area contributed by atoms with E-state index < -0.39 is 4.92 Å². The maximum absolute atomic E-state index is 12.2. The van der Waals surface area contributed by atoms with Crippen molar-refractivity contribution in [2.75, 3.05) is 0 Å². The van der Waals surface area contributed by atoms with Crippen molar-refractivity contribution in [2.45, 2.75) is 38.5 Å². The third-order valence-corrected chi connectivity index (χ3v) is 4.80. The number of non-ortho nitro benzene ring substituents is 1. The van der Waals surface area contributed by atoms with Gasteiger partial charge in [-0.1, -0.05) is 57.2 Å². The number of nitrogens with one attached hydrogen (secondary N) is 1. The van der Waals surface area contributed by atoms with Crippen LogP contribution in [0.4, 0.5) is 5.69 Å². The highest BCUT2D eigenvalue weighted by Crippen LogP contribution is 2.47. The molecular formula is C21H23N3O3. The molecule has 27 heavy (non-hydrogen) atoms. The average Bonchev–Trinajstić information content (AvgIpc) is 3.42. The third kappa shape index (κ3) is 4.58.